The van der Waals surface area contributed by atoms with Crippen LogP contribution in [0.1, 0.15) is 19.3 Å². The first-order chi connectivity index (χ1) is 5.66. The van der Waals surface area contributed by atoms with Gasteiger partial charge in [-0.15, -0.1) is 0 Å². The van der Waals surface area contributed by atoms with Gasteiger partial charge >= 0.3 is 5.97 Å². The lowest BCUT2D eigenvalue weighted by atomic mass is 10.1. The summed E-state index contributed by atoms with van der Waals surface area (Å²) in [5.74, 6) is -0.824. The van der Waals surface area contributed by atoms with Gasteiger partial charge in [0, 0.05) is 6.42 Å². The number of hydrogen-bond donors (Lipinski definition) is 2. The van der Waals surface area contributed by atoms with E-state index in [1.165, 1.54) is 0 Å². The van der Waals surface area contributed by atoms with Gasteiger partial charge in [0.15, 0.2) is 0 Å². The van der Waals surface area contributed by atoms with Crippen LogP contribution in [0, 0.1) is 0 Å². The van der Waals surface area contributed by atoms with Gasteiger partial charge in [-0.05, 0) is 12.8 Å². The second-order valence-electron chi connectivity index (χ2n) is 2.47. The van der Waals surface area contributed by atoms with Crippen LogP contribution in [0.2, 0.25) is 0 Å². The third-order valence-electron chi connectivity index (χ3n) is 1.36. The number of carboxylic acid groups (broad SMARTS) is 1. The molecule has 3 heteroatoms. The van der Waals surface area contributed by atoms with Crippen molar-refractivity contribution in [3.05, 3.63) is 24.8 Å². The molecule has 0 aliphatic heterocycles. The Labute approximate surface area is 72.0 Å². The first kappa shape index (κ1) is 10.9. The molecule has 0 radical (unpaired) electrons. The molecule has 0 fully saturated rings. The van der Waals surface area contributed by atoms with E-state index in [2.05, 4.69) is 6.58 Å². The third kappa shape index (κ3) is 7.02. The Morgan fingerprint density at radius 3 is 2.75 bits per heavy atom. The highest BCUT2D eigenvalue weighted by molar-refractivity contribution is 5.66. The predicted octanol–water partition coefficient (Wildman–Crippen LogP) is 1.34. The number of aliphatic hydroxyl groups excluding tert-OH is 1. The maximum atomic E-state index is 10.1. The number of carboxylic acids is 1. The molecule has 0 unspecified atom stereocenters. The second-order valence-corrected chi connectivity index (χ2v) is 2.47. The van der Waals surface area contributed by atoms with Crippen LogP contribution < -0.4 is 0 Å². The van der Waals surface area contributed by atoms with Crippen molar-refractivity contribution in [2.45, 2.75) is 25.4 Å². The molecule has 0 aliphatic carbocycles. The molecule has 0 rings (SSSR count). The molecule has 0 bridgehead atoms. The Morgan fingerprint density at radius 2 is 2.25 bits per heavy atom. The van der Waals surface area contributed by atoms with Crippen molar-refractivity contribution in [1.82, 2.24) is 0 Å². The second kappa shape index (κ2) is 6.61. The fourth-order valence-corrected chi connectivity index (χ4v) is 0.765. The van der Waals surface area contributed by atoms with Gasteiger partial charge in [0.1, 0.15) is 0 Å². The summed E-state index contributed by atoms with van der Waals surface area (Å²) in [5, 5.41) is 17.5. The molecule has 0 saturated heterocycles. The Morgan fingerprint density at radius 1 is 1.58 bits per heavy atom. The van der Waals surface area contributed by atoms with Gasteiger partial charge in [-0.3, -0.25) is 4.79 Å². The fourth-order valence-electron chi connectivity index (χ4n) is 0.765. The van der Waals surface area contributed by atoms with E-state index < -0.39 is 12.1 Å². The standard InChI is InChI=1S/C9H14O3/c1-2-3-5-8(10)6-4-7-9(11)12/h2-3,5,8,10H,1,4,6-7H2,(H,11,12)/b5-3+/t8-/m1/s1. The van der Waals surface area contributed by atoms with Crippen LogP contribution in [0.3, 0.4) is 0 Å². The Kier molecular flexibility index (Phi) is 6.01. The topological polar surface area (TPSA) is 57.5 Å². The summed E-state index contributed by atoms with van der Waals surface area (Å²) in [6.45, 7) is 3.45. The zero-order valence-electron chi connectivity index (χ0n) is 6.94. The molecule has 68 valence electrons. The van der Waals surface area contributed by atoms with Crippen LogP contribution in [-0.4, -0.2) is 22.3 Å². The van der Waals surface area contributed by atoms with Gasteiger partial charge in [0.05, 0.1) is 6.10 Å². The molecular weight excluding hydrogens is 156 g/mol. The summed E-state index contributed by atoms with van der Waals surface area (Å²) < 4.78 is 0. The zero-order chi connectivity index (χ0) is 9.40. The lowest BCUT2D eigenvalue weighted by molar-refractivity contribution is -0.137. The van der Waals surface area contributed by atoms with Crippen molar-refractivity contribution >= 4 is 5.97 Å². The van der Waals surface area contributed by atoms with E-state index in [0.717, 1.165) is 0 Å². The smallest absolute Gasteiger partial charge is 0.303 e. The van der Waals surface area contributed by atoms with Crippen molar-refractivity contribution in [3.63, 3.8) is 0 Å². The van der Waals surface area contributed by atoms with Gasteiger partial charge in [0.25, 0.3) is 0 Å². The quantitative estimate of drug-likeness (QED) is 0.591. The van der Waals surface area contributed by atoms with Gasteiger partial charge < -0.3 is 10.2 Å². The van der Waals surface area contributed by atoms with E-state index in [1.54, 1.807) is 18.2 Å². The molecule has 0 amide bonds. The third-order valence-corrected chi connectivity index (χ3v) is 1.36. The number of carbonyl (C=O) groups is 1. The highest BCUT2D eigenvalue weighted by Crippen LogP contribution is 2.01. The van der Waals surface area contributed by atoms with Crippen LogP contribution in [0.5, 0.6) is 0 Å². The Balaban J connectivity index is 3.43. The van der Waals surface area contributed by atoms with Crippen molar-refractivity contribution in [1.29, 1.82) is 0 Å². The van der Waals surface area contributed by atoms with Crippen LogP contribution in [0.15, 0.2) is 24.8 Å². The normalized spacial score (nSPS) is 13.1. The van der Waals surface area contributed by atoms with Crippen LogP contribution in [-0.2, 0) is 4.79 Å². The Hall–Kier alpha value is -1.09. The minimum atomic E-state index is -0.824. The molecule has 3 nitrogen and oxygen atoms in total. The lowest BCUT2D eigenvalue weighted by Crippen LogP contribution is -2.03. The number of hydrogen-bond acceptors (Lipinski definition) is 2. The van der Waals surface area contributed by atoms with Crippen LogP contribution >= 0.6 is 0 Å². The van der Waals surface area contributed by atoms with Gasteiger partial charge in [0.2, 0.25) is 0 Å². The minimum Gasteiger partial charge on any atom is -0.481 e. The number of allylic oxidation sites excluding steroid dienone is 2. The van der Waals surface area contributed by atoms with Crippen LogP contribution in [0.4, 0.5) is 0 Å². The molecule has 2 N–H and O–H groups in total. The summed E-state index contributed by atoms with van der Waals surface area (Å²) in [4.78, 5) is 10.1. The van der Waals surface area contributed by atoms with Gasteiger partial charge in [-0.2, -0.15) is 0 Å². The van der Waals surface area contributed by atoms with E-state index in [-0.39, 0.29) is 6.42 Å². The van der Waals surface area contributed by atoms with Crippen molar-refractivity contribution in [2.75, 3.05) is 0 Å². The van der Waals surface area contributed by atoms with E-state index in [0.29, 0.717) is 12.8 Å². The summed E-state index contributed by atoms with van der Waals surface area (Å²) in [6, 6.07) is 0. The van der Waals surface area contributed by atoms with E-state index in [4.69, 9.17) is 10.2 Å². The zero-order valence-corrected chi connectivity index (χ0v) is 6.94. The molecule has 1 atom stereocenters. The first-order valence-corrected chi connectivity index (χ1v) is 3.86. The van der Waals surface area contributed by atoms with Gasteiger partial charge in [-0.25, -0.2) is 0 Å². The average Bonchev–Trinajstić information content (AvgIpc) is 2.00. The van der Waals surface area contributed by atoms with Gasteiger partial charge in [-0.1, -0.05) is 24.8 Å². The SMILES string of the molecule is C=C/C=C/[C@@H](O)CCCC(=O)O. The summed E-state index contributed by atoms with van der Waals surface area (Å²) in [7, 11) is 0. The first-order valence-electron chi connectivity index (χ1n) is 3.86. The molecular formula is C9H14O3. The molecule has 0 saturated carbocycles. The lowest BCUT2D eigenvalue weighted by Gasteiger charge is -2.02. The van der Waals surface area contributed by atoms with E-state index >= 15 is 0 Å². The van der Waals surface area contributed by atoms with Crippen molar-refractivity contribution in [3.8, 4) is 0 Å². The summed E-state index contributed by atoms with van der Waals surface area (Å²) >= 11 is 0. The largest absolute Gasteiger partial charge is 0.481 e. The average molecular weight is 170 g/mol. The minimum absolute atomic E-state index is 0.110. The number of rotatable bonds is 6. The van der Waals surface area contributed by atoms with Crippen molar-refractivity contribution < 1.29 is 15.0 Å². The van der Waals surface area contributed by atoms with Crippen LogP contribution in [0.25, 0.3) is 0 Å². The molecule has 0 aliphatic rings. The number of aliphatic carboxylic acids is 1. The fraction of sp³-hybridized carbons (Fsp3) is 0.444. The summed E-state index contributed by atoms with van der Waals surface area (Å²) in [6.07, 6.45) is 5.34. The Bertz CT molecular complexity index is 173. The predicted molar refractivity (Wildman–Crippen MR) is 46.8 cm³/mol. The molecule has 0 spiro atoms. The maximum absolute atomic E-state index is 10.1. The monoisotopic (exact) mass is 170 g/mol. The molecule has 0 aromatic heterocycles. The molecule has 12 heavy (non-hydrogen) atoms. The molecule has 0 aromatic rings. The van der Waals surface area contributed by atoms with Crippen molar-refractivity contribution in [2.24, 2.45) is 0 Å². The maximum Gasteiger partial charge on any atom is 0.303 e. The molecule has 0 heterocycles. The summed E-state index contributed by atoms with van der Waals surface area (Å²) in [5.41, 5.74) is 0. The highest BCUT2D eigenvalue weighted by atomic mass is 16.4. The molecule has 0 aromatic carbocycles. The van der Waals surface area contributed by atoms with E-state index in [9.17, 15) is 4.79 Å². The number of aliphatic hydroxyl groups is 1. The van der Waals surface area contributed by atoms with E-state index in [1.807, 2.05) is 0 Å². The highest BCUT2D eigenvalue weighted by Gasteiger charge is 2.00.